The van der Waals surface area contributed by atoms with E-state index in [0.29, 0.717) is 11.7 Å². The summed E-state index contributed by atoms with van der Waals surface area (Å²) in [6.07, 6.45) is -1.25. The van der Waals surface area contributed by atoms with Crippen LogP contribution in [0, 0.1) is 0 Å². The molecule has 0 aromatic heterocycles. The van der Waals surface area contributed by atoms with Gasteiger partial charge in [-0.05, 0) is 23.6 Å². The summed E-state index contributed by atoms with van der Waals surface area (Å²) in [5, 5.41) is 0. The maximum absolute atomic E-state index is 12.4. The first-order chi connectivity index (χ1) is 7.09. The lowest BCUT2D eigenvalue weighted by Crippen LogP contribution is -2.03. The minimum Gasteiger partial charge on any atom is -0.461 e. The molecule has 15 heavy (non-hydrogen) atoms. The van der Waals surface area contributed by atoms with Gasteiger partial charge in [0.05, 0.1) is 0 Å². The van der Waals surface area contributed by atoms with Crippen molar-refractivity contribution in [3.8, 4) is 5.75 Å². The summed E-state index contributed by atoms with van der Waals surface area (Å²) in [5.74, 6) is 1.08. The maximum atomic E-state index is 12.4. The zero-order chi connectivity index (χ0) is 11.8. The number of rotatable bonds is 3. The van der Waals surface area contributed by atoms with Crippen molar-refractivity contribution in [3.63, 3.8) is 0 Å². The quantitative estimate of drug-likeness (QED) is 0.715. The lowest BCUT2D eigenvalue weighted by molar-refractivity contribution is 0.0860. The zero-order valence-corrected chi connectivity index (χ0v) is 10.3. The van der Waals surface area contributed by atoms with Gasteiger partial charge in [0.2, 0.25) is 6.36 Å². The molecule has 1 unspecified atom stereocenters. The van der Waals surface area contributed by atoms with E-state index in [9.17, 15) is 4.39 Å². The number of hydrogen-bond donors (Lipinski definition) is 0. The van der Waals surface area contributed by atoms with Crippen molar-refractivity contribution in [1.29, 1.82) is 0 Å². The molecule has 0 radical (unpaired) electrons. The third-order valence-corrected chi connectivity index (χ3v) is 1.85. The van der Waals surface area contributed by atoms with E-state index >= 15 is 0 Å². The molecular weight excluding hydrogens is 191 g/mol. The number of halogens is 1. The molecule has 0 amide bonds. The van der Waals surface area contributed by atoms with Crippen molar-refractivity contribution in [2.75, 3.05) is 0 Å². The summed E-state index contributed by atoms with van der Waals surface area (Å²) >= 11 is 0. The number of ether oxygens (including phenoxy) is 1. The fraction of sp³-hybridized carbons (Fsp3) is 0.538. The topological polar surface area (TPSA) is 9.23 Å². The molecule has 0 bridgehead atoms. The molecule has 0 fully saturated rings. The monoisotopic (exact) mass is 212 g/mol. The molecule has 1 aromatic rings. The summed E-state index contributed by atoms with van der Waals surface area (Å²) in [5.41, 5.74) is 1.24. The van der Waals surface area contributed by atoms with E-state index in [1.54, 1.807) is 12.1 Å². The van der Waals surface area contributed by atoms with Gasteiger partial charge < -0.3 is 4.74 Å². The molecule has 1 rings (SSSR count). The third kappa shape index (κ3) is 5.40. The van der Waals surface area contributed by atoms with Gasteiger partial charge in [-0.2, -0.15) is 0 Å². The first kappa shape index (κ1) is 13.9. The second kappa shape index (κ2) is 7.27. The summed E-state index contributed by atoms with van der Waals surface area (Å²) in [6, 6.07) is 7.52. The molecule has 0 aliphatic carbocycles. The van der Waals surface area contributed by atoms with E-state index in [0.717, 1.165) is 0 Å². The van der Waals surface area contributed by atoms with Crippen molar-refractivity contribution >= 4 is 0 Å². The summed E-state index contributed by atoms with van der Waals surface area (Å²) in [4.78, 5) is 0. The van der Waals surface area contributed by atoms with Gasteiger partial charge in [0, 0.05) is 6.92 Å². The predicted molar refractivity (Wildman–Crippen MR) is 63.1 cm³/mol. The molecule has 86 valence electrons. The van der Waals surface area contributed by atoms with Gasteiger partial charge in [0.25, 0.3) is 0 Å². The van der Waals surface area contributed by atoms with Crippen molar-refractivity contribution in [2.24, 2.45) is 0 Å². The Kier molecular flexibility index (Phi) is 6.76. The summed E-state index contributed by atoms with van der Waals surface area (Å²) in [6.45, 7) is 9.61. The first-order valence-electron chi connectivity index (χ1n) is 5.50. The van der Waals surface area contributed by atoms with Crippen molar-refractivity contribution in [1.82, 2.24) is 0 Å². The van der Waals surface area contributed by atoms with Crippen LogP contribution in [0.3, 0.4) is 0 Å². The largest absolute Gasteiger partial charge is 0.461 e. The van der Waals surface area contributed by atoms with Crippen LogP contribution in [0.2, 0.25) is 0 Å². The van der Waals surface area contributed by atoms with Crippen molar-refractivity contribution in [3.05, 3.63) is 29.8 Å². The van der Waals surface area contributed by atoms with Gasteiger partial charge in [0.1, 0.15) is 5.75 Å². The standard InChI is InChI=1S/C11H15FO.C2H6/c1-8(2)10-4-6-11(7-5-10)13-9(3)12;1-2/h4-9H,1-3H3;1-2H3. The number of benzene rings is 1. The average Bonchev–Trinajstić information content (AvgIpc) is 2.20. The van der Waals surface area contributed by atoms with Crippen LogP contribution in [0.4, 0.5) is 4.39 Å². The lowest BCUT2D eigenvalue weighted by atomic mass is 10.0. The fourth-order valence-electron chi connectivity index (χ4n) is 1.12. The average molecular weight is 212 g/mol. The molecule has 1 atom stereocenters. The van der Waals surface area contributed by atoms with Crippen LogP contribution in [-0.2, 0) is 0 Å². The second-order valence-electron chi connectivity index (χ2n) is 3.38. The highest BCUT2D eigenvalue weighted by Crippen LogP contribution is 2.19. The van der Waals surface area contributed by atoms with Crippen LogP contribution in [0.25, 0.3) is 0 Å². The van der Waals surface area contributed by atoms with Gasteiger partial charge in [0.15, 0.2) is 0 Å². The molecule has 0 aliphatic rings. The number of hydrogen-bond acceptors (Lipinski definition) is 1. The van der Waals surface area contributed by atoms with Crippen LogP contribution in [0.1, 0.15) is 46.1 Å². The summed E-state index contributed by atoms with van der Waals surface area (Å²) < 4.78 is 17.3. The van der Waals surface area contributed by atoms with Gasteiger partial charge in [-0.3, -0.25) is 0 Å². The Bertz CT molecular complexity index is 252. The predicted octanol–water partition coefficient (Wildman–Crippen LogP) is 4.53. The number of alkyl halides is 1. The molecule has 0 saturated heterocycles. The highest BCUT2D eigenvalue weighted by molar-refractivity contribution is 5.28. The van der Waals surface area contributed by atoms with E-state index < -0.39 is 6.36 Å². The molecule has 1 nitrogen and oxygen atoms in total. The molecule has 0 heterocycles. The Hall–Kier alpha value is -1.05. The normalized spacial score (nSPS) is 11.7. The highest BCUT2D eigenvalue weighted by atomic mass is 19.1. The second-order valence-corrected chi connectivity index (χ2v) is 3.38. The molecule has 0 aliphatic heterocycles. The van der Waals surface area contributed by atoms with Gasteiger partial charge >= 0.3 is 0 Å². The fourth-order valence-corrected chi connectivity index (χ4v) is 1.12. The van der Waals surface area contributed by atoms with E-state index in [2.05, 4.69) is 13.8 Å². The van der Waals surface area contributed by atoms with Crippen LogP contribution < -0.4 is 4.74 Å². The Labute approximate surface area is 92.3 Å². The molecular formula is C13H21FO. The van der Waals surface area contributed by atoms with Gasteiger partial charge in [-0.25, -0.2) is 4.39 Å². The maximum Gasteiger partial charge on any atom is 0.235 e. The van der Waals surface area contributed by atoms with Crippen LogP contribution in [0.5, 0.6) is 5.75 Å². The van der Waals surface area contributed by atoms with Crippen LogP contribution >= 0.6 is 0 Å². The minimum atomic E-state index is -1.25. The molecule has 0 spiro atoms. The first-order valence-corrected chi connectivity index (χ1v) is 5.50. The Balaban J connectivity index is 0.000000921. The minimum absolute atomic E-state index is 0.497. The summed E-state index contributed by atoms with van der Waals surface area (Å²) in [7, 11) is 0. The van der Waals surface area contributed by atoms with Crippen LogP contribution in [-0.4, -0.2) is 6.36 Å². The molecule has 0 N–H and O–H groups in total. The van der Waals surface area contributed by atoms with Crippen LogP contribution in [0.15, 0.2) is 24.3 Å². The smallest absolute Gasteiger partial charge is 0.235 e. The van der Waals surface area contributed by atoms with Crippen molar-refractivity contribution in [2.45, 2.75) is 46.9 Å². The SMILES string of the molecule is CC.CC(F)Oc1ccc(C(C)C)cc1. The van der Waals surface area contributed by atoms with Gasteiger partial charge in [-0.15, -0.1) is 0 Å². The highest BCUT2D eigenvalue weighted by Gasteiger charge is 2.01. The third-order valence-electron chi connectivity index (χ3n) is 1.85. The molecule has 1 aromatic carbocycles. The lowest BCUT2D eigenvalue weighted by Gasteiger charge is -2.09. The van der Waals surface area contributed by atoms with E-state index in [-0.39, 0.29) is 0 Å². The van der Waals surface area contributed by atoms with E-state index in [1.165, 1.54) is 12.5 Å². The Morgan fingerprint density at radius 3 is 1.80 bits per heavy atom. The van der Waals surface area contributed by atoms with Gasteiger partial charge in [-0.1, -0.05) is 39.8 Å². The Morgan fingerprint density at radius 2 is 1.47 bits per heavy atom. The van der Waals surface area contributed by atoms with E-state index in [1.807, 2.05) is 26.0 Å². The zero-order valence-electron chi connectivity index (χ0n) is 10.3. The Morgan fingerprint density at radius 1 is 1.00 bits per heavy atom. The van der Waals surface area contributed by atoms with Crippen molar-refractivity contribution < 1.29 is 9.13 Å². The van der Waals surface area contributed by atoms with E-state index in [4.69, 9.17) is 4.74 Å². The molecule has 2 heteroatoms. The molecule has 0 saturated carbocycles.